The lowest BCUT2D eigenvalue weighted by atomic mass is 10.1. The van der Waals surface area contributed by atoms with E-state index >= 15 is 0 Å². The van der Waals surface area contributed by atoms with Crippen molar-refractivity contribution in [1.29, 1.82) is 0 Å². The molecule has 1 atom stereocenters. The summed E-state index contributed by atoms with van der Waals surface area (Å²) in [5.41, 5.74) is 2.27. The molecule has 0 aromatic heterocycles. The molecule has 0 heterocycles. The van der Waals surface area contributed by atoms with Crippen molar-refractivity contribution in [2.45, 2.75) is 32.5 Å². The van der Waals surface area contributed by atoms with Gasteiger partial charge in [-0.25, -0.2) is 4.79 Å². The standard InChI is InChI=1S/C13H19NO4/c1-13(2,3)18-12(16)14-17-9-11(15)10-7-5-4-6-8-10/h4-8,11,15H,9H2,1-3H3,(H,14,16)/t11-/m0/s1. The fraction of sp³-hybridized carbons (Fsp3) is 0.462. The number of rotatable bonds is 4. The number of ether oxygens (including phenoxy) is 1. The maximum atomic E-state index is 11.2. The summed E-state index contributed by atoms with van der Waals surface area (Å²) in [4.78, 5) is 16.1. The van der Waals surface area contributed by atoms with Crippen molar-refractivity contribution in [2.24, 2.45) is 0 Å². The summed E-state index contributed by atoms with van der Waals surface area (Å²) in [6.45, 7) is 5.23. The van der Waals surface area contributed by atoms with Crippen molar-refractivity contribution in [3.63, 3.8) is 0 Å². The normalized spacial score (nSPS) is 12.9. The molecule has 0 bridgehead atoms. The largest absolute Gasteiger partial charge is 0.442 e. The van der Waals surface area contributed by atoms with Crippen LogP contribution in [0.2, 0.25) is 0 Å². The average Bonchev–Trinajstić information content (AvgIpc) is 2.27. The molecule has 0 saturated carbocycles. The second-order valence-electron chi connectivity index (χ2n) is 4.84. The van der Waals surface area contributed by atoms with Crippen molar-refractivity contribution in [2.75, 3.05) is 6.61 Å². The van der Waals surface area contributed by atoms with Gasteiger partial charge in [0.2, 0.25) is 0 Å². The lowest BCUT2D eigenvalue weighted by Gasteiger charge is -2.19. The Morgan fingerprint density at radius 1 is 1.33 bits per heavy atom. The Balaban J connectivity index is 2.28. The first-order valence-corrected chi connectivity index (χ1v) is 5.72. The third-order valence-corrected chi connectivity index (χ3v) is 1.98. The molecule has 18 heavy (non-hydrogen) atoms. The maximum absolute atomic E-state index is 11.2. The minimum atomic E-state index is -0.791. The van der Waals surface area contributed by atoms with Gasteiger partial charge in [0.15, 0.2) is 0 Å². The Morgan fingerprint density at radius 2 is 1.94 bits per heavy atom. The molecular weight excluding hydrogens is 234 g/mol. The summed E-state index contributed by atoms with van der Waals surface area (Å²) in [5.74, 6) is 0. The Labute approximate surface area is 107 Å². The van der Waals surface area contributed by atoms with Crippen LogP contribution in [0.15, 0.2) is 30.3 Å². The van der Waals surface area contributed by atoms with E-state index in [2.05, 4.69) is 5.48 Å². The van der Waals surface area contributed by atoms with E-state index in [0.29, 0.717) is 0 Å². The molecule has 2 N–H and O–H groups in total. The molecule has 1 rings (SSSR count). The summed E-state index contributed by atoms with van der Waals surface area (Å²) >= 11 is 0. The van der Waals surface area contributed by atoms with Crippen LogP contribution in [-0.4, -0.2) is 23.4 Å². The number of hydroxylamine groups is 1. The van der Waals surface area contributed by atoms with Crippen LogP contribution in [0, 0.1) is 0 Å². The first-order valence-electron chi connectivity index (χ1n) is 5.72. The molecule has 100 valence electrons. The fourth-order valence-electron chi connectivity index (χ4n) is 1.25. The third-order valence-electron chi connectivity index (χ3n) is 1.98. The first-order chi connectivity index (χ1) is 8.38. The van der Waals surface area contributed by atoms with Crippen molar-refractivity contribution in [1.82, 2.24) is 5.48 Å². The van der Waals surface area contributed by atoms with Gasteiger partial charge in [0, 0.05) is 0 Å². The van der Waals surface area contributed by atoms with Crippen molar-refractivity contribution >= 4 is 6.09 Å². The van der Waals surface area contributed by atoms with Crippen LogP contribution < -0.4 is 5.48 Å². The molecule has 0 aliphatic rings. The number of nitrogens with one attached hydrogen (secondary N) is 1. The quantitative estimate of drug-likeness (QED) is 0.807. The molecule has 1 aromatic rings. The average molecular weight is 253 g/mol. The van der Waals surface area contributed by atoms with Gasteiger partial charge in [-0.3, -0.25) is 4.84 Å². The monoisotopic (exact) mass is 253 g/mol. The van der Waals surface area contributed by atoms with Crippen LogP contribution in [0.5, 0.6) is 0 Å². The Bertz CT molecular complexity index is 372. The zero-order chi connectivity index (χ0) is 13.6. The predicted molar refractivity (Wildman–Crippen MR) is 66.7 cm³/mol. The number of carbonyl (C=O) groups excluding carboxylic acids is 1. The van der Waals surface area contributed by atoms with E-state index in [4.69, 9.17) is 9.57 Å². The van der Waals surface area contributed by atoms with E-state index in [1.807, 2.05) is 18.2 Å². The highest BCUT2D eigenvalue weighted by molar-refractivity contribution is 5.66. The Kier molecular flexibility index (Phi) is 5.12. The van der Waals surface area contributed by atoms with Crippen LogP contribution in [0.3, 0.4) is 0 Å². The molecule has 5 nitrogen and oxygen atoms in total. The molecule has 0 aliphatic heterocycles. The second-order valence-corrected chi connectivity index (χ2v) is 4.84. The van der Waals surface area contributed by atoms with E-state index < -0.39 is 17.8 Å². The van der Waals surface area contributed by atoms with E-state index in [-0.39, 0.29) is 6.61 Å². The van der Waals surface area contributed by atoms with Crippen LogP contribution in [0.1, 0.15) is 32.4 Å². The van der Waals surface area contributed by atoms with Gasteiger partial charge in [0.25, 0.3) is 0 Å². The van der Waals surface area contributed by atoms with Gasteiger partial charge in [-0.15, -0.1) is 0 Å². The SMILES string of the molecule is CC(C)(C)OC(=O)NOC[C@H](O)c1ccccc1. The summed E-state index contributed by atoms with van der Waals surface area (Å²) in [7, 11) is 0. The summed E-state index contributed by atoms with van der Waals surface area (Å²) in [5, 5.41) is 9.75. The van der Waals surface area contributed by atoms with Crippen LogP contribution in [0.4, 0.5) is 4.79 Å². The lowest BCUT2D eigenvalue weighted by Crippen LogP contribution is -2.33. The minimum Gasteiger partial charge on any atom is -0.442 e. The lowest BCUT2D eigenvalue weighted by molar-refractivity contribution is -0.0364. The maximum Gasteiger partial charge on any atom is 0.431 e. The number of hydrogen-bond acceptors (Lipinski definition) is 4. The number of hydrogen-bond donors (Lipinski definition) is 2. The van der Waals surface area contributed by atoms with E-state index in [1.165, 1.54) is 0 Å². The van der Waals surface area contributed by atoms with Crippen LogP contribution in [-0.2, 0) is 9.57 Å². The molecule has 0 aliphatic carbocycles. The summed E-state index contributed by atoms with van der Waals surface area (Å²) in [6, 6.07) is 9.05. The molecule has 0 fully saturated rings. The van der Waals surface area contributed by atoms with Crippen LogP contribution >= 0.6 is 0 Å². The highest BCUT2D eigenvalue weighted by Gasteiger charge is 2.16. The van der Waals surface area contributed by atoms with E-state index in [9.17, 15) is 9.90 Å². The second kappa shape index (κ2) is 6.37. The Hall–Kier alpha value is -1.59. The molecule has 0 radical (unpaired) electrons. The third kappa shape index (κ3) is 5.65. The zero-order valence-corrected chi connectivity index (χ0v) is 10.8. The molecular formula is C13H19NO4. The van der Waals surface area contributed by atoms with Gasteiger partial charge >= 0.3 is 6.09 Å². The van der Waals surface area contributed by atoms with Crippen molar-refractivity contribution in [3.05, 3.63) is 35.9 Å². The van der Waals surface area contributed by atoms with Crippen LogP contribution in [0.25, 0.3) is 0 Å². The topological polar surface area (TPSA) is 67.8 Å². The summed E-state index contributed by atoms with van der Waals surface area (Å²) in [6.07, 6.45) is -1.47. The van der Waals surface area contributed by atoms with Gasteiger partial charge in [-0.2, -0.15) is 5.48 Å². The van der Waals surface area contributed by atoms with E-state index in [1.54, 1.807) is 32.9 Å². The molecule has 1 aromatic carbocycles. The highest BCUT2D eigenvalue weighted by atomic mass is 16.7. The Morgan fingerprint density at radius 3 is 2.50 bits per heavy atom. The molecule has 0 spiro atoms. The number of amides is 1. The van der Waals surface area contributed by atoms with Gasteiger partial charge in [0.05, 0.1) is 0 Å². The van der Waals surface area contributed by atoms with Gasteiger partial charge in [0.1, 0.15) is 18.3 Å². The highest BCUT2D eigenvalue weighted by Crippen LogP contribution is 2.11. The van der Waals surface area contributed by atoms with Crippen molar-refractivity contribution in [3.8, 4) is 0 Å². The minimum absolute atomic E-state index is 0.0384. The van der Waals surface area contributed by atoms with Gasteiger partial charge in [-0.1, -0.05) is 30.3 Å². The summed E-state index contributed by atoms with van der Waals surface area (Å²) < 4.78 is 4.97. The number of benzene rings is 1. The molecule has 1 amide bonds. The smallest absolute Gasteiger partial charge is 0.431 e. The van der Waals surface area contributed by atoms with E-state index in [0.717, 1.165) is 5.56 Å². The predicted octanol–water partition coefficient (Wildman–Crippen LogP) is 2.18. The number of aliphatic hydroxyl groups excluding tert-OH is 1. The van der Waals surface area contributed by atoms with Gasteiger partial charge < -0.3 is 9.84 Å². The molecule has 0 saturated heterocycles. The molecule has 5 heteroatoms. The van der Waals surface area contributed by atoms with Gasteiger partial charge in [-0.05, 0) is 26.3 Å². The molecule has 0 unspecified atom stereocenters. The fourth-order valence-corrected chi connectivity index (χ4v) is 1.25. The zero-order valence-electron chi connectivity index (χ0n) is 10.8. The van der Waals surface area contributed by atoms with Crippen molar-refractivity contribution < 1.29 is 19.5 Å². The first kappa shape index (κ1) is 14.5. The number of aliphatic hydroxyl groups is 1. The number of carbonyl (C=O) groups is 1.